The predicted molar refractivity (Wildman–Crippen MR) is 80.6 cm³/mol. The van der Waals surface area contributed by atoms with E-state index in [9.17, 15) is 4.79 Å². The van der Waals surface area contributed by atoms with Crippen LogP contribution in [0, 0.1) is 5.92 Å². The van der Waals surface area contributed by atoms with Crippen LogP contribution in [0.2, 0.25) is 0 Å². The van der Waals surface area contributed by atoms with Crippen molar-refractivity contribution in [3.8, 4) is 11.5 Å². The number of primary amides is 1. The quantitative estimate of drug-likeness (QED) is 0.815. The molecule has 2 heterocycles. The second kappa shape index (κ2) is 5.71. The molecule has 2 aliphatic heterocycles. The van der Waals surface area contributed by atoms with Gasteiger partial charge in [-0.05, 0) is 18.8 Å². The van der Waals surface area contributed by atoms with Crippen molar-refractivity contribution in [1.29, 1.82) is 0 Å². The third-order valence-electron chi connectivity index (χ3n) is 4.14. The van der Waals surface area contributed by atoms with Crippen LogP contribution in [0.5, 0.6) is 11.5 Å². The van der Waals surface area contributed by atoms with E-state index in [1.807, 2.05) is 12.1 Å². The number of carbonyl (C=O) groups excluding carboxylic acids is 1. The van der Waals surface area contributed by atoms with E-state index < -0.39 is 0 Å². The molecule has 0 saturated carbocycles. The Morgan fingerprint density at radius 1 is 1.19 bits per heavy atom. The Balaban J connectivity index is 1.72. The smallest absolute Gasteiger partial charge is 0.217 e. The van der Waals surface area contributed by atoms with Gasteiger partial charge in [0.15, 0.2) is 11.5 Å². The van der Waals surface area contributed by atoms with Gasteiger partial charge in [0.25, 0.3) is 0 Å². The highest BCUT2D eigenvalue weighted by molar-refractivity contribution is 5.75. The number of nitrogens with two attached hydrogens (primary N) is 2. The van der Waals surface area contributed by atoms with Crippen LogP contribution >= 0.6 is 0 Å². The van der Waals surface area contributed by atoms with Crippen LogP contribution in [0.4, 0.5) is 11.4 Å². The first-order valence-electron chi connectivity index (χ1n) is 7.36. The van der Waals surface area contributed by atoms with Gasteiger partial charge in [0, 0.05) is 31.6 Å². The zero-order chi connectivity index (χ0) is 14.8. The summed E-state index contributed by atoms with van der Waals surface area (Å²) in [6.07, 6.45) is 2.39. The molecule has 0 atom stereocenters. The summed E-state index contributed by atoms with van der Waals surface area (Å²) >= 11 is 0. The summed E-state index contributed by atoms with van der Waals surface area (Å²) in [6, 6.07) is 3.79. The van der Waals surface area contributed by atoms with Crippen molar-refractivity contribution in [3.63, 3.8) is 0 Å². The number of rotatable bonds is 3. The number of anilines is 2. The molecule has 3 rings (SSSR count). The summed E-state index contributed by atoms with van der Waals surface area (Å²) in [5, 5.41) is 0. The monoisotopic (exact) mass is 291 g/mol. The topological polar surface area (TPSA) is 90.8 Å². The summed E-state index contributed by atoms with van der Waals surface area (Å²) in [7, 11) is 0. The van der Waals surface area contributed by atoms with Crippen LogP contribution < -0.4 is 25.8 Å². The van der Waals surface area contributed by atoms with E-state index in [1.165, 1.54) is 0 Å². The number of fused-ring (bicyclic) bond motifs is 1. The lowest BCUT2D eigenvalue weighted by Gasteiger charge is -2.34. The number of ether oxygens (including phenoxy) is 2. The van der Waals surface area contributed by atoms with E-state index in [0.717, 1.165) is 37.4 Å². The van der Waals surface area contributed by atoms with E-state index in [1.54, 1.807) is 0 Å². The molecule has 1 aromatic carbocycles. The fourth-order valence-corrected chi connectivity index (χ4v) is 3.03. The number of amides is 1. The molecule has 4 N–H and O–H groups in total. The van der Waals surface area contributed by atoms with Crippen molar-refractivity contribution < 1.29 is 14.3 Å². The SMILES string of the molecule is NC(=O)CC1CCN(c2cc3c(cc2N)OCCO3)CC1. The maximum absolute atomic E-state index is 11.0. The molecule has 114 valence electrons. The predicted octanol–water partition coefficient (Wildman–Crippen LogP) is 1.13. The molecule has 21 heavy (non-hydrogen) atoms. The Morgan fingerprint density at radius 2 is 1.81 bits per heavy atom. The number of piperidine rings is 1. The molecule has 2 aliphatic rings. The van der Waals surface area contributed by atoms with Crippen molar-refractivity contribution >= 4 is 17.3 Å². The average Bonchev–Trinajstić information content (AvgIpc) is 2.47. The van der Waals surface area contributed by atoms with E-state index in [-0.39, 0.29) is 5.91 Å². The van der Waals surface area contributed by atoms with Gasteiger partial charge in [-0.1, -0.05) is 0 Å². The normalized spacial score (nSPS) is 18.6. The highest BCUT2D eigenvalue weighted by Gasteiger charge is 2.24. The number of benzene rings is 1. The molecule has 1 aromatic rings. The highest BCUT2D eigenvalue weighted by Crippen LogP contribution is 2.39. The molecule has 1 saturated heterocycles. The number of hydrogen-bond acceptors (Lipinski definition) is 5. The molecule has 1 amide bonds. The fourth-order valence-electron chi connectivity index (χ4n) is 3.03. The van der Waals surface area contributed by atoms with Gasteiger partial charge in [0.2, 0.25) is 5.91 Å². The molecule has 0 unspecified atom stereocenters. The minimum Gasteiger partial charge on any atom is -0.486 e. The van der Waals surface area contributed by atoms with Crippen molar-refractivity contribution in [3.05, 3.63) is 12.1 Å². The Kier molecular flexibility index (Phi) is 3.77. The maximum Gasteiger partial charge on any atom is 0.217 e. The van der Waals surface area contributed by atoms with Gasteiger partial charge in [0.05, 0.1) is 11.4 Å². The Bertz CT molecular complexity index is 539. The van der Waals surface area contributed by atoms with Crippen molar-refractivity contribution in [1.82, 2.24) is 0 Å². The number of hydrogen-bond donors (Lipinski definition) is 2. The van der Waals surface area contributed by atoms with Gasteiger partial charge >= 0.3 is 0 Å². The van der Waals surface area contributed by atoms with Gasteiger partial charge < -0.3 is 25.8 Å². The van der Waals surface area contributed by atoms with Crippen LogP contribution in [-0.4, -0.2) is 32.2 Å². The van der Waals surface area contributed by atoms with Crippen LogP contribution in [0.3, 0.4) is 0 Å². The minimum atomic E-state index is -0.215. The lowest BCUT2D eigenvalue weighted by atomic mass is 9.93. The first-order chi connectivity index (χ1) is 10.1. The van der Waals surface area contributed by atoms with Crippen molar-refractivity contribution in [2.45, 2.75) is 19.3 Å². The molecular weight excluding hydrogens is 270 g/mol. The zero-order valence-electron chi connectivity index (χ0n) is 12.0. The maximum atomic E-state index is 11.0. The molecule has 6 heteroatoms. The number of nitrogen functional groups attached to an aromatic ring is 1. The Morgan fingerprint density at radius 3 is 2.43 bits per heavy atom. The Labute approximate surface area is 124 Å². The van der Waals surface area contributed by atoms with E-state index >= 15 is 0 Å². The third-order valence-corrected chi connectivity index (χ3v) is 4.14. The zero-order valence-corrected chi connectivity index (χ0v) is 12.0. The van der Waals surface area contributed by atoms with Gasteiger partial charge in [-0.25, -0.2) is 0 Å². The minimum absolute atomic E-state index is 0.215. The fraction of sp³-hybridized carbons (Fsp3) is 0.533. The number of carbonyl (C=O) groups is 1. The summed E-state index contributed by atoms with van der Waals surface area (Å²) in [5.74, 6) is 1.64. The van der Waals surface area contributed by atoms with Gasteiger partial charge in [-0.3, -0.25) is 4.79 Å². The van der Waals surface area contributed by atoms with Crippen molar-refractivity contribution in [2.75, 3.05) is 36.9 Å². The van der Waals surface area contributed by atoms with Crippen LogP contribution in [0.25, 0.3) is 0 Å². The third kappa shape index (κ3) is 2.99. The lowest BCUT2D eigenvalue weighted by Crippen LogP contribution is -2.35. The Hall–Kier alpha value is -2.11. The van der Waals surface area contributed by atoms with Crippen LogP contribution in [-0.2, 0) is 4.79 Å². The standard InChI is InChI=1S/C15H21N3O3/c16-11-8-13-14(21-6-5-20-13)9-12(11)18-3-1-10(2-4-18)7-15(17)19/h8-10H,1-7,16H2,(H2,17,19). The van der Waals surface area contributed by atoms with E-state index in [0.29, 0.717) is 37.0 Å². The van der Waals surface area contributed by atoms with Crippen molar-refractivity contribution in [2.24, 2.45) is 11.7 Å². The molecule has 1 fully saturated rings. The molecular formula is C15H21N3O3. The highest BCUT2D eigenvalue weighted by atomic mass is 16.6. The largest absolute Gasteiger partial charge is 0.486 e. The van der Waals surface area contributed by atoms with Gasteiger partial charge in [-0.2, -0.15) is 0 Å². The van der Waals surface area contributed by atoms with Gasteiger partial charge in [-0.15, -0.1) is 0 Å². The molecule has 0 aromatic heterocycles. The summed E-state index contributed by atoms with van der Waals surface area (Å²) in [6.45, 7) is 2.88. The lowest BCUT2D eigenvalue weighted by molar-refractivity contribution is -0.119. The average molecular weight is 291 g/mol. The molecule has 0 aliphatic carbocycles. The first kappa shape index (κ1) is 13.9. The molecule has 0 radical (unpaired) electrons. The summed E-state index contributed by atoms with van der Waals surface area (Å²) in [4.78, 5) is 13.2. The second-order valence-electron chi connectivity index (χ2n) is 5.66. The summed E-state index contributed by atoms with van der Waals surface area (Å²) in [5.41, 5.74) is 13.1. The van der Waals surface area contributed by atoms with Crippen LogP contribution in [0.15, 0.2) is 12.1 Å². The van der Waals surface area contributed by atoms with E-state index in [4.69, 9.17) is 20.9 Å². The molecule has 6 nitrogen and oxygen atoms in total. The molecule has 0 spiro atoms. The molecule has 0 bridgehead atoms. The van der Waals surface area contributed by atoms with Gasteiger partial charge in [0.1, 0.15) is 13.2 Å². The van der Waals surface area contributed by atoms with Crippen LogP contribution in [0.1, 0.15) is 19.3 Å². The summed E-state index contributed by atoms with van der Waals surface area (Å²) < 4.78 is 11.1. The van der Waals surface area contributed by atoms with E-state index in [2.05, 4.69) is 4.90 Å². The second-order valence-corrected chi connectivity index (χ2v) is 5.66. The number of nitrogens with zero attached hydrogens (tertiary/aromatic N) is 1. The first-order valence-corrected chi connectivity index (χ1v) is 7.36.